The number of urea groups is 1. The fraction of sp³-hybridized carbons (Fsp3) is 0.550. The maximum Gasteiger partial charge on any atom is 0.317 e. The molecule has 2 aromatic rings. The molecule has 0 bridgehead atoms. The van der Waals surface area contributed by atoms with Gasteiger partial charge in [-0.25, -0.2) is 4.79 Å². The average molecular weight is 386 g/mol. The zero-order valence-corrected chi connectivity index (χ0v) is 16.1. The van der Waals surface area contributed by atoms with Crippen LogP contribution in [0.25, 0.3) is 11.1 Å². The third-order valence-electron chi connectivity index (χ3n) is 5.77. The highest BCUT2D eigenvalue weighted by atomic mass is 16.4. The number of anilines is 1. The molecule has 0 radical (unpaired) electrons. The lowest BCUT2D eigenvalue weighted by atomic mass is 9.86. The molecule has 2 heterocycles. The van der Waals surface area contributed by atoms with E-state index in [-0.39, 0.29) is 18.0 Å². The molecule has 0 atom stereocenters. The molecule has 8 nitrogen and oxygen atoms in total. The largest absolute Gasteiger partial charge is 0.481 e. The van der Waals surface area contributed by atoms with Gasteiger partial charge in [-0.2, -0.15) is 4.98 Å². The summed E-state index contributed by atoms with van der Waals surface area (Å²) >= 11 is 0. The first-order chi connectivity index (χ1) is 13.5. The zero-order chi connectivity index (χ0) is 19.7. The molecule has 150 valence electrons. The molecule has 0 spiro atoms. The van der Waals surface area contributed by atoms with Crippen LogP contribution in [0.4, 0.5) is 10.8 Å². The van der Waals surface area contributed by atoms with Gasteiger partial charge in [-0.05, 0) is 50.3 Å². The van der Waals surface area contributed by atoms with Crippen LogP contribution in [0.15, 0.2) is 22.6 Å². The van der Waals surface area contributed by atoms with Crippen molar-refractivity contribution in [1.29, 1.82) is 0 Å². The summed E-state index contributed by atoms with van der Waals surface area (Å²) in [6, 6.07) is 6.55. The van der Waals surface area contributed by atoms with Crippen molar-refractivity contribution in [2.24, 2.45) is 5.92 Å². The Labute approximate surface area is 163 Å². The van der Waals surface area contributed by atoms with Crippen LogP contribution in [-0.2, 0) is 4.79 Å². The molecule has 8 heteroatoms. The lowest BCUT2D eigenvalue weighted by molar-refractivity contribution is -0.142. The lowest BCUT2D eigenvalue weighted by Gasteiger charge is -2.35. The van der Waals surface area contributed by atoms with Crippen molar-refractivity contribution in [2.45, 2.75) is 38.6 Å². The van der Waals surface area contributed by atoms with Crippen LogP contribution in [0.2, 0.25) is 0 Å². The molecule has 1 aliphatic heterocycles. The van der Waals surface area contributed by atoms with Crippen molar-refractivity contribution < 1.29 is 19.1 Å². The fourth-order valence-corrected chi connectivity index (χ4v) is 4.01. The van der Waals surface area contributed by atoms with E-state index in [1.54, 1.807) is 0 Å². The van der Waals surface area contributed by atoms with E-state index in [1.807, 2.05) is 30.0 Å². The first kappa shape index (κ1) is 18.6. The molecule has 4 rings (SSSR count). The number of aliphatic carboxylic acids is 1. The number of nitrogens with zero attached hydrogens (tertiary/aromatic N) is 3. The van der Waals surface area contributed by atoms with Crippen LogP contribution in [0.3, 0.4) is 0 Å². The number of hydrogen-bond acceptors (Lipinski definition) is 5. The molecule has 2 N–H and O–H groups in total. The third kappa shape index (κ3) is 3.90. The summed E-state index contributed by atoms with van der Waals surface area (Å²) in [5, 5.41) is 12.1. The Morgan fingerprint density at radius 3 is 2.54 bits per heavy atom. The number of aryl methyl sites for hydroxylation is 1. The average Bonchev–Trinajstić information content (AvgIpc) is 3.11. The lowest BCUT2D eigenvalue weighted by Crippen LogP contribution is -2.54. The zero-order valence-electron chi connectivity index (χ0n) is 16.1. The number of carboxylic acids is 1. The highest BCUT2D eigenvalue weighted by molar-refractivity contribution is 5.76. The second-order valence-corrected chi connectivity index (χ2v) is 7.78. The van der Waals surface area contributed by atoms with Gasteiger partial charge in [0.15, 0.2) is 5.58 Å². The molecule has 1 aromatic heterocycles. The molecule has 1 saturated carbocycles. The van der Waals surface area contributed by atoms with Crippen LogP contribution in [-0.4, -0.2) is 59.2 Å². The van der Waals surface area contributed by atoms with E-state index in [9.17, 15) is 9.59 Å². The molecule has 0 unspecified atom stereocenters. The molecule has 28 heavy (non-hydrogen) atoms. The Bertz CT molecular complexity index is 864. The van der Waals surface area contributed by atoms with Crippen LogP contribution in [0, 0.1) is 12.8 Å². The minimum atomic E-state index is -0.727. The van der Waals surface area contributed by atoms with E-state index in [0.717, 1.165) is 29.5 Å². The smallest absolute Gasteiger partial charge is 0.317 e. The number of benzene rings is 1. The minimum absolute atomic E-state index is 0.0633. The van der Waals surface area contributed by atoms with Gasteiger partial charge in [0.2, 0.25) is 0 Å². The van der Waals surface area contributed by atoms with Crippen molar-refractivity contribution in [2.75, 3.05) is 31.1 Å². The molecule has 2 fully saturated rings. The number of fused-ring (bicyclic) bond motifs is 1. The Hall–Kier alpha value is -2.77. The molecule has 2 amide bonds. The number of rotatable bonds is 3. The van der Waals surface area contributed by atoms with Crippen molar-refractivity contribution >= 4 is 29.1 Å². The molecular weight excluding hydrogens is 360 g/mol. The first-order valence-electron chi connectivity index (χ1n) is 9.90. The summed E-state index contributed by atoms with van der Waals surface area (Å²) in [6.07, 6.45) is 2.71. The number of amides is 2. The third-order valence-corrected chi connectivity index (χ3v) is 5.77. The number of nitrogens with one attached hydrogen (secondary N) is 1. The summed E-state index contributed by atoms with van der Waals surface area (Å²) < 4.78 is 5.86. The fourth-order valence-electron chi connectivity index (χ4n) is 4.01. The molecule has 1 aliphatic carbocycles. The van der Waals surface area contributed by atoms with Crippen LogP contribution in [0.5, 0.6) is 0 Å². The first-order valence-corrected chi connectivity index (χ1v) is 9.90. The quantitative estimate of drug-likeness (QED) is 0.841. The Morgan fingerprint density at radius 2 is 1.86 bits per heavy atom. The van der Waals surface area contributed by atoms with Crippen molar-refractivity contribution in [1.82, 2.24) is 15.2 Å². The maximum atomic E-state index is 12.5. The summed E-state index contributed by atoms with van der Waals surface area (Å²) in [4.78, 5) is 32.0. The monoisotopic (exact) mass is 386 g/mol. The second kappa shape index (κ2) is 7.69. The van der Waals surface area contributed by atoms with Gasteiger partial charge in [-0.3, -0.25) is 4.79 Å². The van der Waals surface area contributed by atoms with E-state index in [2.05, 4.69) is 15.2 Å². The van der Waals surface area contributed by atoms with Crippen molar-refractivity contribution in [3.05, 3.63) is 23.8 Å². The summed E-state index contributed by atoms with van der Waals surface area (Å²) in [7, 11) is 0. The topological polar surface area (TPSA) is 98.9 Å². The summed E-state index contributed by atoms with van der Waals surface area (Å²) in [6.45, 7) is 4.58. The highest BCUT2D eigenvalue weighted by Gasteiger charge is 2.29. The Balaban J connectivity index is 1.28. The van der Waals surface area contributed by atoms with E-state index >= 15 is 0 Å². The second-order valence-electron chi connectivity index (χ2n) is 7.78. The van der Waals surface area contributed by atoms with Gasteiger partial charge < -0.3 is 24.6 Å². The van der Waals surface area contributed by atoms with Crippen LogP contribution < -0.4 is 10.2 Å². The van der Waals surface area contributed by atoms with E-state index in [0.29, 0.717) is 45.0 Å². The van der Waals surface area contributed by atoms with Gasteiger partial charge in [0.05, 0.1) is 5.92 Å². The number of hydrogen-bond donors (Lipinski definition) is 2. The van der Waals surface area contributed by atoms with Gasteiger partial charge in [-0.1, -0.05) is 6.07 Å². The number of carbonyl (C=O) groups excluding carboxylic acids is 1. The molecule has 1 aromatic carbocycles. The number of aromatic nitrogens is 1. The standard InChI is InChI=1S/C20H26N4O4/c1-13-2-7-17-16(12-13)22-20(28-17)24-10-8-23(9-11-24)19(27)21-15-5-3-14(4-6-15)18(25)26/h2,7,12,14-15H,3-6,8-11H2,1H3,(H,21,27)(H,25,26). The molecular formula is C20H26N4O4. The predicted octanol–water partition coefficient (Wildman–Crippen LogP) is 2.61. The van der Waals surface area contributed by atoms with Crippen LogP contribution >= 0.6 is 0 Å². The van der Waals surface area contributed by atoms with E-state index < -0.39 is 5.97 Å². The van der Waals surface area contributed by atoms with Gasteiger partial charge >= 0.3 is 12.0 Å². The van der Waals surface area contributed by atoms with Gasteiger partial charge in [-0.15, -0.1) is 0 Å². The van der Waals surface area contributed by atoms with Crippen molar-refractivity contribution in [3.8, 4) is 0 Å². The van der Waals surface area contributed by atoms with Gasteiger partial charge in [0, 0.05) is 32.2 Å². The van der Waals surface area contributed by atoms with Gasteiger partial charge in [0.1, 0.15) is 5.52 Å². The number of carboxylic acid groups (broad SMARTS) is 1. The summed E-state index contributed by atoms with van der Waals surface area (Å²) in [5.41, 5.74) is 2.77. The number of oxazole rings is 1. The number of piperazine rings is 1. The Morgan fingerprint density at radius 1 is 1.14 bits per heavy atom. The maximum absolute atomic E-state index is 12.5. The Kier molecular flexibility index (Phi) is 5.11. The molecule has 2 aliphatic rings. The van der Waals surface area contributed by atoms with Crippen LogP contribution in [0.1, 0.15) is 31.2 Å². The van der Waals surface area contributed by atoms with E-state index in [1.165, 1.54) is 0 Å². The highest BCUT2D eigenvalue weighted by Crippen LogP contribution is 2.25. The van der Waals surface area contributed by atoms with E-state index in [4.69, 9.17) is 9.52 Å². The van der Waals surface area contributed by atoms with Crippen molar-refractivity contribution in [3.63, 3.8) is 0 Å². The SMILES string of the molecule is Cc1ccc2oc(N3CCN(C(=O)NC4CCC(C(=O)O)CC4)CC3)nc2c1. The normalized spacial score (nSPS) is 23.0. The summed E-state index contributed by atoms with van der Waals surface area (Å²) in [5.74, 6) is -0.993. The minimum Gasteiger partial charge on any atom is -0.481 e. The van der Waals surface area contributed by atoms with Gasteiger partial charge in [0.25, 0.3) is 6.01 Å². The molecule has 1 saturated heterocycles. The number of carbonyl (C=O) groups is 2. The predicted molar refractivity (Wildman–Crippen MR) is 104 cm³/mol.